The number of nitrogens with zero attached hydrogens (tertiary/aromatic N) is 3. The van der Waals surface area contributed by atoms with Gasteiger partial charge in [-0.05, 0) is 62.1 Å². The lowest BCUT2D eigenvalue weighted by Gasteiger charge is -2.31. The summed E-state index contributed by atoms with van der Waals surface area (Å²) in [6.07, 6.45) is 6.31. The summed E-state index contributed by atoms with van der Waals surface area (Å²) < 4.78 is 0. The third kappa shape index (κ3) is 5.52. The van der Waals surface area contributed by atoms with Crippen LogP contribution in [-0.2, 0) is 6.54 Å². The van der Waals surface area contributed by atoms with Crippen molar-refractivity contribution < 1.29 is 4.79 Å². The summed E-state index contributed by atoms with van der Waals surface area (Å²) in [6.45, 7) is 0.866. The zero-order valence-corrected chi connectivity index (χ0v) is 21.0. The largest absolute Gasteiger partial charge is 0.367 e. The number of rotatable bonds is 7. The highest BCUT2D eigenvalue weighted by atomic mass is 32.1. The van der Waals surface area contributed by atoms with Crippen LogP contribution >= 0.6 is 11.3 Å². The Kier molecular flexibility index (Phi) is 7.06. The maximum atomic E-state index is 12.8. The monoisotopic (exact) mass is 485 g/mol. The predicted molar refractivity (Wildman–Crippen MR) is 144 cm³/mol. The quantitative estimate of drug-likeness (QED) is 0.358. The number of fused-ring (bicyclic) bond motifs is 1. The predicted octanol–water partition coefficient (Wildman–Crippen LogP) is 5.57. The molecule has 2 unspecified atom stereocenters. The van der Waals surface area contributed by atoms with Crippen molar-refractivity contribution in [3.63, 3.8) is 0 Å². The maximum absolute atomic E-state index is 12.8. The summed E-state index contributed by atoms with van der Waals surface area (Å²) in [6, 6.07) is 20.9. The Labute approximate surface area is 210 Å². The lowest BCUT2D eigenvalue weighted by atomic mass is 9.91. The van der Waals surface area contributed by atoms with Gasteiger partial charge < -0.3 is 15.5 Å². The van der Waals surface area contributed by atoms with Crippen molar-refractivity contribution in [3.05, 3.63) is 77.3 Å². The smallest absolute Gasteiger partial charge is 0.254 e. The van der Waals surface area contributed by atoms with Gasteiger partial charge in [-0.1, -0.05) is 24.3 Å². The van der Waals surface area contributed by atoms with Crippen LogP contribution in [0, 0.1) is 0 Å². The van der Waals surface area contributed by atoms with Gasteiger partial charge in [0, 0.05) is 49.2 Å². The molecule has 2 N–H and O–H groups in total. The first-order chi connectivity index (χ1) is 17.1. The van der Waals surface area contributed by atoms with Gasteiger partial charge in [0.2, 0.25) is 0 Å². The molecule has 0 aliphatic heterocycles. The third-order valence-corrected chi connectivity index (χ3v) is 7.63. The molecule has 2 atom stereocenters. The minimum atomic E-state index is -0.00384. The average molecular weight is 486 g/mol. The van der Waals surface area contributed by atoms with Crippen LogP contribution in [0.25, 0.3) is 21.5 Å². The molecule has 1 saturated carbocycles. The molecule has 0 saturated heterocycles. The normalized spacial score (nSPS) is 17.9. The average Bonchev–Trinajstić information content (AvgIpc) is 3.36. The molecule has 0 radical (unpaired) electrons. The number of para-hydroxylation sites is 1. The van der Waals surface area contributed by atoms with Gasteiger partial charge in [0.25, 0.3) is 5.91 Å². The second kappa shape index (κ2) is 10.5. The van der Waals surface area contributed by atoms with E-state index in [-0.39, 0.29) is 5.91 Å². The lowest BCUT2D eigenvalue weighted by molar-refractivity contribution is 0.0829. The van der Waals surface area contributed by atoms with Gasteiger partial charge in [0.05, 0.1) is 21.7 Å². The molecule has 7 heteroatoms. The molecule has 1 aliphatic carbocycles. The van der Waals surface area contributed by atoms with Crippen LogP contribution in [0.15, 0.2) is 66.9 Å². The van der Waals surface area contributed by atoms with E-state index in [4.69, 9.17) is 4.98 Å². The zero-order chi connectivity index (χ0) is 24.2. The second-order valence-corrected chi connectivity index (χ2v) is 10.5. The molecule has 5 rings (SSSR count). The fraction of sp³-hybridized carbons (Fsp3) is 0.321. The summed E-state index contributed by atoms with van der Waals surface area (Å²) in [5, 5.41) is 8.28. The molecule has 3 aromatic heterocycles. The van der Waals surface area contributed by atoms with E-state index in [1.165, 1.54) is 16.2 Å². The summed E-state index contributed by atoms with van der Waals surface area (Å²) >= 11 is 1.80. The van der Waals surface area contributed by atoms with Gasteiger partial charge in [-0.15, -0.1) is 11.3 Å². The maximum Gasteiger partial charge on any atom is 0.254 e. The summed E-state index contributed by atoms with van der Waals surface area (Å²) in [5.41, 5.74) is 2.56. The molecule has 0 bridgehead atoms. The molecule has 3 heterocycles. The van der Waals surface area contributed by atoms with Crippen molar-refractivity contribution in [3.8, 4) is 10.6 Å². The topological polar surface area (TPSA) is 70.2 Å². The van der Waals surface area contributed by atoms with Gasteiger partial charge in [0.1, 0.15) is 5.82 Å². The fourth-order valence-electron chi connectivity index (χ4n) is 4.75. The number of thiophene rings is 1. The van der Waals surface area contributed by atoms with Crippen molar-refractivity contribution in [2.45, 2.75) is 44.3 Å². The minimum Gasteiger partial charge on any atom is -0.367 e. The van der Waals surface area contributed by atoms with Crippen LogP contribution in [-0.4, -0.2) is 47.0 Å². The van der Waals surface area contributed by atoms with Crippen LogP contribution < -0.4 is 10.6 Å². The van der Waals surface area contributed by atoms with Gasteiger partial charge in [-0.25, -0.2) is 4.98 Å². The number of anilines is 1. The Morgan fingerprint density at radius 3 is 2.71 bits per heavy atom. The number of pyridine rings is 2. The van der Waals surface area contributed by atoms with E-state index < -0.39 is 0 Å². The van der Waals surface area contributed by atoms with Gasteiger partial charge in [-0.2, -0.15) is 0 Å². The first-order valence-corrected chi connectivity index (χ1v) is 13.0. The summed E-state index contributed by atoms with van der Waals surface area (Å²) in [5.74, 6) is 0.772. The Morgan fingerprint density at radius 1 is 1.06 bits per heavy atom. The minimum absolute atomic E-state index is 0.00384. The Bertz CT molecular complexity index is 1300. The lowest BCUT2D eigenvalue weighted by Crippen LogP contribution is -2.38. The van der Waals surface area contributed by atoms with Crippen LogP contribution in [0.3, 0.4) is 0 Å². The van der Waals surface area contributed by atoms with Crippen LogP contribution in [0.2, 0.25) is 0 Å². The third-order valence-electron chi connectivity index (χ3n) is 6.52. The van der Waals surface area contributed by atoms with E-state index in [9.17, 15) is 4.79 Å². The first-order valence-electron chi connectivity index (χ1n) is 12.2. The number of hydrogen-bond donors (Lipinski definition) is 2. The first kappa shape index (κ1) is 23.5. The number of carbonyl (C=O) groups is 1. The number of aromatic nitrogens is 2. The van der Waals surface area contributed by atoms with Crippen molar-refractivity contribution in [2.24, 2.45) is 0 Å². The zero-order valence-electron chi connectivity index (χ0n) is 20.2. The molecule has 1 fully saturated rings. The molecular formula is C28H31N5OS. The fourth-order valence-corrected chi connectivity index (χ4v) is 5.68. The van der Waals surface area contributed by atoms with Crippen molar-refractivity contribution in [1.82, 2.24) is 20.2 Å². The van der Waals surface area contributed by atoms with E-state index >= 15 is 0 Å². The van der Waals surface area contributed by atoms with Gasteiger partial charge >= 0.3 is 0 Å². The van der Waals surface area contributed by atoms with Crippen LogP contribution in [0.1, 0.15) is 40.9 Å². The molecule has 6 nitrogen and oxygen atoms in total. The molecule has 1 aromatic carbocycles. The van der Waals surface area contributed by atoms with E-state index in [0.29, 0.717) is 17.6 Å². The molecule has 1 amide bonds. The van der Waals surface area contributed by atoms with Gasteiger partial charge in [-0.3, -0.25) is 9.78 Å². The standard InChI is InChI=1S/C28H31N5OS/c1-33(2)28(34)23-17-27(32-24-11-4-3-10-22(23)24)31-20-9-7-8-19(16-20)30-18-21-13-14-26(35-21)25-12-5-6-15-29-25/h3-6,10-15,17,19-20,30H,7-9,16,18H2,1-2H3,(H,31,32). The van der Waals surface area contributed by atoms with E-state index in [0.717, 1.165) is 48.2 Å². The Morgan fingerprint density at radius 2 is 1.89 bits per heavy atom. The summed E-state index contributed by atoms with van der Waals surface area (Å²) in [4.78, 5) is 26.2. The number of nitrogens with one attached hydrogen (secondary N) is 2. The van der Waals surface area contributed by atoms with Crippen LogP contribution in [0.5, 0.6) is 0 Å². The SMILES string of the molecule is CN(C)C(=O)c1cc(NC2CCCC(NCc3ccc(-c4ccccn4)s3)C2)nc2ccccc12. The second-order valence-electron chi connectivity index (χ2n) is 9.34. The van der Waals surface area contributed by atoms with E-state index in [2.05, 4.69) is 33.8 Å². The highest BCUT2D eigenvalue weighted by Crippen LogP contribution is 2.28. The highest BCUT2D eigenvalue weighted by molar-refractivity contribution is 7.15. The van der Waals surface area contributed by atoms with E-state index in [1.54, 1.807) is 30.3 Å². The molecule has 35 heavy (non-hydrogen) atoms. The Hall–Kier alpha value is -3.29. The van der Waals surface area contributed by atoms with Crippen molar-refractivity contribution in [2.75, 3.05) is 19.4 Å². The van der Waals surface area contributed by atoms with Crippen LogP contribution in [0.4, 0.5) is 5.82 Å². The summed E-state index contributed by atoms with van der Waals surface area (Å²) in [7, 11) is 3.57. The number of hydrogen-bond acceptors (Lipinski definition) is 6. The highest BCUT2D eigenvalue weighted by Gasteiger charge is 2.23. The number of carbonyl (C=O) groups excluding carboxylic acids is 1. The number of amides is 1. The molecule has 1 aliphatic rings. The van der Waals surface area contributed by atoms with Crippen molar-refractivity contribution in [1.29, 1.82) is 0 Å². The van der Waals surface area contributed by atoms with Crippen molar-refractivity contribution >= 4 is 34.0 Å². The number of benzene rings is 1. The van der Waals surface area contributed by atoms with Gasteiger partial charge in [0.15, 0.2) is 0 Å². The molecule has 4 aromatic rings. The molecule has 180 valence electrons. The molecule has 0 spiro atoms. The molecular weight excluding hydrogens is 454 g/mol. The Balaban J connectivity index is 1.24. The van der Waals surface area contributed by atoms with E-state index in [1.807, 2.05) is 48.7 Å².